The molecule has 2 rings (SSSR count). The molecule has 39 heavy (non-hydrogen) atoms. The normalized spacial score (nSPS) is 15.4. The Morgan fingerprint density at radius 3 is 2.36 bits per heavy atom. The number of ether oxygens (including phenoxy) is 4. The Morgan fingerprint density at radius 2 is 1.85 bits per heavy atom. The fraction of sp³-hybridized carbons (Fsp3) is 0.500. The summed E-state index contributed by atoms with van der Waals surface area (Å²) in [5, 5.41) is 17.1. The molecular formula is C30H44N2O7. The van der Waals surface area contributed by atoms with E-state index in [1.165, 1.54) is 25.0 Å². The van der Waals surface area contributed by atoms with Gasteiger partial charge in [0.05, 0.1) is 23.9 Å². The number of aliphatic hydroxyl groups is 1. The summed E-state index contributed by atoms with van der Waals surface area (Å²) in [7, 11) is 1.43. The van der Waals surface area contributed by atoms with Crippen LogP contribution in [0.4, 0.5) is 5.69 Å². The minimum absolute atomic E-state index is 0.181. The molecule has 1 aliphatic carbocycles. The second kappa shape index (κ2) is 18.6. The van der Waals surface area contributed by atoms with E-state index in [9.17, 15) is 14.9 Å². The van der Waals surface area contributed by atoms with E-state index in [1.807, 2.05) is 45.1 Å². The van der Waals surface area contributed by atoms with Gasteiger partial charge in [0.25, 0.3) is 0 Å². The molecule has 1 aromatic carbocycles. The Labute approximate surface area is 233 Å². The van der Waals surface area contributed by atoms with Crippen LogP contribution in [0.25, 0.3) is 0 Å². The van der Waals surface area contributed by atoms with E-state index in [-0.39, 0.29) is 12.7 Å². The summed E-state index contributed by atoms with van der Waals surface area (Å²) < 4.78 is 21.4. The number of methoxy groups -OCH3 is 1. The van der Waals surface area contributed by atoms with Gasteiger partial charge >= 0.3 is 5.97 Å². The van der Waals surface area contributed by atoms with Crippen molar-refractivity contribution in [1.82, 2.24) is 0 Å². The van der Waals surface area contributed by atoms with E-state index in [0.717, 1.165) is 6.42 Å². The van der Waals surface area contributed by atoms with Gasteiger partial charge in [-0.05, 0) is 65.3 Å². The molecule has 1 amide bonds. The number of hydrogen-bond acceptors (Lipinski definition) is 8. The van der Waals surface area contributed by atoms with Crippen LogP contribution in [0.3, 0.4) is 0 Å². The molecule has 0 saturated carbocycles. The quantitative estimate of drug-likeness (QED) is 0.248. The largest absolute Gasteiger partial charge is 0.494 e. The zero-order chi connectivity index (χ0) is 30.0. The Hall–Kier alpha value is -3.61. The molecule has 1 N–H and O–H groups in total. The van der Waals surface area contributed by atoms with Gasteiger partial charge in [-0.3, -0.25) is 9.69 Å². The number of carbonyl (C=O) groups excluding carboxylic acids is 2. The Bertz CT molecular complexity index is 1040. The molecule has 1 aliphatic rings. The first-order valence-corrected chi connectivity index (χ1v) is 13.0. The lowest BCUT2D eigenvalue weighted by Gasteiger charge is -2.31. The third-order valence-electron chi connectivity index (χ3n) is 4.75. The number of hydrogen-bond donors (Lipinski definition) is 1. The van der Waals surface area contributed by atoms with Crippen LogP contribution in [-0.4, -0.2) is 49.1 Å². The van der Waals surface area contributed by atoms with Gasteiger partial charge in [0, 0.05) is 26.5 Å². The van der Waals surface area contributed by atoms with Crippen molar-refractivity contribution in [1.29, 1.82) is 5.26 Å². The Kier molecular flexibility index (Phi) is 16.9. The van der Waals surface area contributed by atoms with Crippen LogP contribution in [0.5, 0.6) is 5.75 Å². The maximum absolute atomic E-state index is 12.8. The second-order valence-electron chi connectivity index (χ2n) is 8.97. The van der Waals surface area contributed by atoms with E-state index in [4.69, 9.17) is 19.3 Å². The fourth-order valence-electron chi connectivity index (χ4n) is 3.24. The van der Waals surface area contributed by atoms with Gasteiger partial charge in [-0.25, -0.2) is 4.79 Å². The highest BCUT2D eigenvalue weighted by Crippen LogP contribution is 2.34. The van der Waals surface area contributed by atoms with Gasteiger partial charge in [-0.15, -0.1) is 0 Å². The van der Waals surface area contributed by atoms with E-state index >= 15 is 0 Å². The average molecular weight is 545 g/mol. The molecule has 9 heteroatoms. The first-order chi connectivity index (χ1) is 18.5. The Balaban J connectivity index is 0.00000220. The molecule has 0 bridgehead atoms. The molecule has 1 unspecified atom stereocenters. The lowest BCUT2D eigenvalue weighted by Crippen LogP contribution is -2.45. The number of esters is 1. The minimum Gasteiger partial charge on any atom is -0.494 e. The van der Waals surface area contributed by atoms with Gasteiger partial charge in [-0.1, -0.05) is 26.0 Å². The van der Waals surface area contributed by atoms with E-state index in [2.05, 4.69) is 10.8 Å². The van der Waals surface area contributed by atoms with E-state index in [0.29, 0.717) is 41.5 Å². The molecule has 0 saturated heterocycles. The smallest absolute Gasteiger partial charge is 0.329 e. The number of anilines is 1. The molecule has 0 aromatic heterocycles. The molecule has 0 spiro atoms. The average Bonchev–Trinajstić information content (AvgIpc) is 2.87. The van der Waals surface area contributed by atoms with Crippen molar-refractivity contribution in [2.45, 2.75) is 79.9 Å². The predicted octanol–water partition coefficient (Wildman–Crippen LogP) is 5.78. The summed E-state index contributed by atoms with van der Waals surface area (Å²) in [6, 6.07) is 5.92. The van der Waals surface area contributed by atoms with Gasteiger partial charge in [0.2, 0.25) is 5.91 Å². The number of amides is 1. The molecule has 1 atom stereocenters. The molecule has 1 aromatic rings. The maximum atomic E-state index is 12.8. The molecule has 0 fully saturated rings. The lowest BCUT2D eigenvalue weighted by molar-refractivity contribution is -0.156. The van der Waals surface area contributed by atoms with Gasteiger partial charge in [-0.2, -0.15) is 5.26 Å². The highest BCUT2D eigenvalue weighted by atomic mass is 16.6. The number of aliphatic hydroxyl groups excluding tert-OH is 1. The van der Waals surface area contributed by atoms with Crippen LogP contribution >= 0.6 is 0 Å². The van der Waals surface area contributed by atoms with Crippen LogP contribution in [0.1, 0.15) is 73.8 Å². The fourth-order valence-corrected chi connectivity index (χ4v) is 3.24. The highest BCUT2D eigenvalue weighted by molar-refractivity contribution is 5.99. The van der Waals surface area contributed by atoms with Gasteiger partial charge in [0.15, 0.2) is 5.75 Å². The molecule has 9 nitrogen and oxygen atoms in total. The monoisotopic (exact) mass is 544 g/mol. The van der Waals surface area contributed by atoms with Crippen LogP contribution in [-0.2, 0) is 23.8 Å². The minimum atomic E-state index is -0.928. The molecule has 0 heterocycles. The molecule has 0 radical (unpaired) electrons. The van der Waals surface area contributed by atoms with Crippen molar-refractivity contribution in [2.24, 2.45) is 0 Å². The second-order valence-corrected chi connectivity index (χ2v) is 8.97. The summed E-state index contributed by atoms with van der Waals surface area (Å²) in [6.45, 7) is 14.5. The van der Waals surface area contributed by atoms with Crippen molar-refractivity contribution in [3.63, 3.8) is 0 Å². The Morgan fingerprint density at radius 1 is 1.21 bits per heavy atom. The number of carbonyl (C=O) groups is 2. The molecule has 0 aliphatic heterocycles. The van der Waals surface area contributed by atoms with Crippen molar-refractivity contribution in [3.05, 3.63) is 59.6 Å². The number of benzene rings is 1. The first kappa shape index (κ1) is 35.4. The lowest BCUT2D eigenvalue weighted by atomic mass is 10.1. The number of allylic oxidation sites excluding steroid dienone is 4. The van der Waals surface area contributed by atoms with Crippen LogP contribution in [0, 0.1) is 11.3 Å². The van der Waals surface area contributed by atoms with Crippen molar-refractivity contribution in [3.8, 4) is 11.8 Å². The zero-order valence-corrected chi connectivity index (χ0v) is 24.7. The molecule has 216 valence electrons. The van der Waals surface area contributed by atoms with Crippen LogP contribution in [0.2, 0.25) is 0 Å². The van der Waals surface area contributed by atoms with Crippen LogP contribution < -0.4 is 9.64 Å². The van der Waals surface area contributed by atoms with Crippen LogP contribution in [0.15, 0.2) is 54.0 Å². The first-order valence-electron chi connectivity index (χ1n) is 13.0. The van der Waals surface area contributed by atoms with E-state index in [1.54, 1.807) is 39.8 Å². The van der Waals surface area contributed by atoms with Crippen molar-refractivity contribution < 1.29 is 33.6 Å². The highest BCUT2D eigenvalue weighted by Gasteiger charge is 2.31. The maximum Gasteiger partial charge on any atom is 0.329 e. The summed E-state index contributed by atoms with van der Waals surface area (Å²) in [4.78, 5) is 26.7. The number of nitriles is 1. The van der Waals surface area contributed by atoms with Crippen molar-refractivity contribution in [2.75, 3.05) is 25.4 Å². The summed E-state index contributed by atoms with van der Waals surface area (Å²) in [5.74, 6) is 0.703. The topological polar surface area (TPSA) is 118 Å². The van der Waals surface area contributed by atoms with Gasteiger partial charge in [0.1, 0.15) is 30.0 Å². The van der Waals surface area contributed by atoms with E-state index < -0.39 is 17.6 Å². The number of rotatable bonds is 8. The summed E-state index contributed by atoms with van der Waals surface area (Å²) in [6.07, 6.45) is 9.04. The summed E-state index contributed by atoms with van der Waals surface area (Å²) >= 11 is 0. The molecular weight excluding hydrogens is 500 g/mol. The van der Waals surface area contributed by atoms with Gasteiger partial charge < -0.3 is 24.1 Å². The number of nitrogens with zero attached hydrogens (tertiary/aromatic N) is 2. The zero-order valence-electron chi connectivity index (χ0n) is 24.7. The predicted molar refractivity (Wildman–Crippen MR) is 152 cm³/mol. The standard InChI is InChI=1S/C26H32N2O5.C2H6O2.C2H6/c1-7-31-21-11-9-8-10-12-22(16-21)32-24-14-13-20(17-27)15-23(24)28(19(3)29)18(2)25(30)33-26(4,5)6;1-4-2-3;1-2/h8,10-11,13-16,18H,7,9,12H2,1-6H3;3H,2H2,1H3;1-2H3/b10-8-,21-11?,22-16+;;. The third-order valence-corrected chi connectivity index (χ3v) is 4.75. The SMILES string of the molecule is CC.CCOC1=CC/C=C\C/C(Oc2ccc(C#N)cc2N(C(C)=O)C(C)C(=O)OC(C)(C)C)=C\1.COCO. The summed E-state index contributed by atoms with van der Waals surface area (Å²) in [5.41, 5.74) is -0.0603. The third kappa shape index (κ3) is 13.1. The van der Waals surface area contributed by atoms with Crippen molar-refractivity contribution >= 4 is 17.6 Å².